The Kier molecular flexibility index (Phi) is 6.07. The van der Waals surface area contributed by atoms with Crippen molar-refractivity contribution in [2.24, 2.45) is 0 Å². The molecule has 0 aromatic heterocycles. The summed E-state index contributed by atoms with van der Waals surface area (Å²) in [7, 11) is 0. The maximum Gasteiger partial charge on any atom is 0.319 e. The average molecular weight is 287 g/mol. The number of carbonyl (C=O) groups excluding carboxylic acids is 1. The highest BCUT2D eigenvalue weighted by molar-refractivity contribution is 5.89. The Labute approximate surface area is 125 Å². The largest absolute Gasteiger partial charge is 0.379 e. The third-order valence-corrected chi connectivity index (χ3v) is 3.14. The molecule has 5 heteroatoms. The number of amides is 2. The third kappa shape index (κ3) is 5.86. The number of nitrogens with zero attached hydrogens (tertiary/aromatic N) is 1. The molecule has 0 atom stereocenters. The van der Waals surface area contributed by atoms with Crippen LogP contribution in [0.3, 0.4) is 0 Å². The Balaban J connectivity index is 1.65. The fourth-order valence-corrected chi connectivity index (χ4v) is 2.01. The summed E-state index contributed by atoms with van der Waals surface area (Å²) in [5.41, 5.74) is 1.90. The Morgan fingerprint density at radius 1 is 1.33 bits per heavy atom. The number of ether oxygens (including phenoxy) is 1. The Bertz CT molecular complexity index is 528. The summed E-state index contributed by atoms with van der Waals surface area (Å²) in [6.07, 6.45) is 0. The molecule has 1 fully saturated rings. The van der Waals surface area contributed by atoms with Crippen LogP contribution in [-0.2, 0) is 4.74 Å². The maximum absolute atomic E-state index is 11.7. The van der Waals surface area contributed by atoms with Gasteiger partial charge in [-0.1, -0.05) is 24.0 Å². The van der Waals surface area contributed by atoms with Crippen molar-refractivity contribution in [3.05, 3.63) is 29.8 Å². The van der Waals surface area contributed by atoms with Crippen LogP contribution in [0, 0.1) is 18.8 Å². The van der Waals surface area contributed by atoms with E-state index in [1.807, 2.05) is 31.2 Å². The molecule has 0 radical (unpaired) electrons. The fraction of sp³-hybridized carbons (Fsp3) is 0.438. The number of carbonyl (C=O) groups is 1. The molecular weight excluding hydrogens is 266 g/mol. The van der Waals surface area contributed by atoms with Crippen LogP contribution in [0.4, 0.5) is 10.5 Å². The molecule has 0 aliphatic carbocycles. The summed E-state index contributed by atoms with van der Waals surface area (Å²) >= 11 is 0. The molecule has 0 saturated carbocycles. The quantitative estimate of drug-likeness (QED) is 0.827. The average Bonchev–Trinajstić information content (AvgIpc) is 2.48. The van der Waals surface area contributed by atoms with Gasteiger partial charge in [0.1, 0.15) is 0 Å². The second kappa shape index (κ2) is 8.30. The van der Waals surface area contributed by atoms with E-state index < -0.39 is 0 Å². The highest BCUT2D eigenvalue weighted by Gasteiger charge is 2.07. The second-order valence-electron chi connectivity index (χ2n) is 4.92. The van der Waals surface area contributed by atoms with Gasteiger partial charge in [0.05, 0.1) is 26.3 Å². The summed E-state index contributed by atoms with van der Waals surface area (Å²) < 4.78 is 5.27. The number of benzene rings is 1. The third-order valence-electron chi connectivity index (χ3n) is 3.14. The molecule has 1 aliphatic heterocycles. The van der Waals surface area contributed by atoms with Gasteiger partial charge in [-0.3, -0.25) is 4.90 Å². The molecule has 0 bridgehead atoms. The molecular formula is C16H21N3O2. The van der Waals surface area contributed by atoms with Crippen molar-refractivity contribution in [1.29, 1.82) is 0 Å². The molecule has 1 aliphatic rings. The van der Waals surface area contributed by atoms with E-state index in [1.54, 1.807) is 0 Å². The van der Waals surface area contributed by atoms with Crippen LogP contribution in [0.15, 0.2) is 24.3 Å². The number of nitrogens with one attached hydrogen (secondary N) is 2. The van der Waals surface area contributed by atoms with Crippen LogP contribution in [0.5, 0.6) is 0 Å². The van der Waals surface area contributed by atoms with Crippen molar-refractivity contribution in [2.45, 2.75) is 6.92 Å². The first-order chi connectivity index (χ1) is 10.2. The van der Waals surface area contributed by atoms with E-state index in [0.717, 1.165) is 44.1 Å². The van der Waals surface area contributed by atoms with Crippen LogP contribution in [0.25, 0.3) is 0 Å². The van der Waals surface area contributed by atoms with Gasteiger partial charge in [0.25, 0.3) is 0 Å². The van der Waals surface area contributed by atoms with Crippen molar-refractivity contribution in [2.75, 3.05) is 44.7 Å². The van der Waals surface area contributed by atoms with Crippen LogP contribution in [0.2, 0.25) is 0 Å². The number of hydrogen-bond acceptors (Lipinski definition) is 3. The number of aryl methyl sites for hydroxylation is 1. The minimum Gasteiger partial charge on any atom is -0.379 e. The highest BCUT2D eigenvalue weighted by atomic mass is 16.5. The second-order valence-corrected chi connectivity index (χ2v) is 4.92. The summed E-state index contributed by atoms with van der Waals surface area (Å²) in [5, 5.41) is 5.50. The summed E-state index contributed by atoms with van der Waals surface area (Å²) in [6.45, 7) is 6.47. The summed E-state index contributed by atoms with van der Waals surface area (Å²) in [5.74, 6) is 6.02. The van der Waals surface area contributed by atoms with Gasteiger partial charge in [-0.15, -0.1) is 0 Å². The van der Waals surface area contributed by atoms with Crippen LogP contribution in [-0.4, -0.2) is 50.3 Å². The summed E-state index contributed by atoms with van der Waals surface area (Å²) in [4.78, 5) is 13.9. The van der Waals surface area contributed by atoms with E-state index in [4.69, 9.17) is 4.74 Å². The lowest BCUT2D eigenvalue weighted by molar-refractivity contribution is 0.0443. The van der Waals surface area contributed by atoms with E-state index in [2.05, 4.69) is 27.4 Å². The van der Waals surface area contributed by atoms with Gasteiger partial charge < -0.3 is 15.4 Å². The van der Waals surface area contributed by atoms with Gasteiger partial charge in [-0.05, 0) is 24.6 Å². The molecule has 1 saturated heterocycles. The van der Waals surface area contributed by atoms with E-state index in [0.29, 0.717) is 6.54 Å². The number of rotatable bonds is 3. The molecule has 5 nitrogen and oxygen atoms in total. The van der Waals surface area contributed by atoms with Gasteiger partial charge >= 0.3 is 6.03 Å². The first kappa shape index (κ1) is 15.4. The zero-order valence-electron chi connectivity index (χ0n) is 12.3. The van der Waals surface area contributed by atoms with Crippen molar-refractivity contribution < 1.29 is 9.53 Å². The molecule has 2 amide bonds. The first-order valence-corrected chi connectivity index (χ1v) is 7.11. The minimum atomic E-state index is -0.235. The summed E-state index contributed by atoms with van der Waals surface area (Å²) in [6, 6.07) is 7.44. The van der Waals surface area contributed by atoms with E-state index >= 15 is 0 Å². The molecule has 1 aromatic carbocycles. The predicted molar refractivity (Wildman–Crippen MR) is 83.2 cm³/mol. The monoisotopic (exact) mass is 287 g/mol. The first-order valence-electron chi connectivity index (χ1n) is 7.11. The van der Waals surface area contributed by atoms with Gasteiger partial charge in [0, 0.05) is 18.8 Å². The van der Waals surface area contributed by atoms with Crippen LogP contribution in [0.1, 0.15) is 5.56 Å². The topological polar surface area (TPSA) is 53.6 Å². The molecule has 0 spiro atoms. The number of anilines is 1. The van der Waals surface area contributed by atoms with Crippen molar-refractivity contribution in [3.63, 3.8) is 0 Å². The van der Waals surface area contributed by atoms with Gasteiger partial charge in [0.2, 0.25) is 0 Å². The zero-order chi connectivity index (χ0) is 14.9. The Morgan fingerprint density at radius 3 is 2.90 bits per heavy atom. The molecule has 21 heavy (non-hydrogen) atoms. The molecule has 0 unspecified atom stereocenters. The Morgan fingerprint density at radius 2 is 2.14 bits per heavy atom. The molecule has 2 rings (SSSR count). The molecule has 112 valence electrons. The molecule has 1 heterocycles. The standard InChI is InChI=1S/C16H21N3O2/c1-14-5-4-6-15(13-14)18-16(20)17-7-2-3-8-19-9-11-21-12-10-19/h4-6,13H,7-12H2,1H3,(H2,17,18,20). The lowest BCUT2D eigenvalue weighted by atomic mass is 10.2. The van der Waals surface area contributed by atoms with Gasteiger partial charge in [0.15, 0.2) is 0 Å². The number of hydrogen-bond donors (Lipinski definition) is 2. The van der Waals surface area contributed by atoms with Crippen LogP contribution >= 0.6 is 0 Å². The highest BCUT2D eigenvalue weighted by Crippen LogP contribution is 2.08. The SMILES string of the molecule is Cc1cccc(NC(=O)NCC#CCN2CCOCC2)c1. The smallest absolute Gasteiger partial charge is 0.319 e. The van der Waals surface area contributed by atoms with Crippen molar-refractivity contribution in [3.8, 4) is 11.8 Å². The van der Waals surface area contributed by atoms with Crippen LogP contribution < -0.4 is 10.6 Å². The van der Waals surface area contributed by atoms with Crippen molar-refractivity contribution >= 4 is 11.7 Å². The number of urea groups is 1. The van der Waals surface area contributed by atoms with Crippen molar-refractivity contribution in [1.82, 2.24) is 10.2 Å². The fourth-order valence-electron chi connectivity index (χ4n) is 2.01. The molecule has 1 aromatic rings. The normalized spacial score (nSPS) is 14.9. The predicted octanol–water partition coefficient (Wildman–Crippen LogP) is 1.45. The maximum atomic E-state index is 11.7. The lowest BCUT2D eigenvalue weighted by Crippen LogP contribution is -2.36. The molecule has 2 N–H and O–H groups in total. The lowest BCUT2D eigenvalue weighted by Gasteiger charge is -2.24. The van der Waals surface area contributed by atoms with E-state index in [-0.39, 0.29) is 6.03 Å². The minimum absolute atomic E-state index is 0.235. The number of morpholine rings is 1. The Hall–Kier alpha value is -2.03. The van der Waals surface area contributed by atoms with E-state index in [9.17, 15) is 4.79 Å². The van der Waals surface area contributed by atoms with Gasteiger partial charge in [-0.25, -0.2) is 4.79 Å². The zero-order valence-corrected chi connectivity index (χ0v) is 12.3. The van der Waals surface area contributed by atoms with E-state index in [1.165, 1.54) is 0 Å². The van der Waals surface area contributed by atoms with Gasteiger partial charge in [-0.2, -0.15) is 0 Å².